The first-order chi connectivity index (χ1) is 14.8. The van der Waals surface area contributed by atoms with Gasteiger partial charge in [-0.25, -0.2) is 22.7 Å². The predicted molar refractivity (Wildman–Crippen MR) is 108 cm³/mol. The quantitative estimate of drug-likeness (QED) is 0.513. The minimum Gasteiger partial charge on any atom is -0.400 e. The van der Waals surface area contributed by atoms with Crippen LogP contribution < -0.4 is 5.73 Å². The SMILES string of the molecule is CN=C(C1=C(N)CN(C(=O)c2ccc3nc(C)cn3n2)CC1)c1cc(F)c(F)c(F)c1. The molecular weight excluding hydrogens is 409 g/mol. The first-order valence-electron chi connectivity index (χ1n) is 9.50. The molecule has 4 rings (SSSR count). The zero-order chi connectivity index (χ0) is 22.3. The Bertz CT molecular complexity index is 1240. The zero-order valence-corrected chi connectivity index (χ0v) is 16.9. The van der Waals surface area contributed by atoms with Crippen molar-refractivity contribution in [2.24, 2.45) is 10.7 Å². The second-order valence-electron chi connectivity index (χ2n) is 7.21. The average Bonchev–Trinajstić information content (AvgIpc) is 3.12. The van der Waals surface area contributed by atoms with Crippen molar-refractivity contribution < 1.29 is 18.0 Å². The van der Waals surface area contributed by atoms with Gasteiger partial charge in [-0.2, -0.15) is 5.10 Å². The van der Waals surface area contributed by atoms with Gasteiger partial charge < -0.3 is 10.6 Å². The summed E-state index contributed by atoms with van der Waals surface area (Å²) in [4.78, 5) is 22.8. The number of fused-ring (bicyclic) bond motifs is 1. The molecule has 7 nitrogen and oxygen atoms in total. The van der Waals surface area contributed by atoms with Gasteiger partial charge in [0.05, 0.1) is 24.1 Å². The lowest BCUT2D eigenvalue weighted by atomic mass is 9.94. The van der Waals surface area contributed by atoms with Crippen LogP contribution in [0.3, 0.4) is 0 Å². The van der Waals surface area contributed by atoms with Gasteiger partial charge >= 0.3 is 0 Å². The molecule has 10 heteroatoms. The van der Waals surface area contributed by atoms with Crippen LogP contribution in [0.25, 0.3) is 5.65 Å². The van der Waals surface area contributed by atoms with Crippen molar-refractivity contribution in [3.63, 3.8) is 0 Å². The molecule has 0 fully saturated rings. The molecule has 160 valence electrons. The van der Waals surface area contributed by atoms with Crippen LogP contribution in [0.2, 0.25) is 0 Å². The fourth-order valence-corrected chi connectivity index (χ4v) is 3.64. The van der Waals surface area contributed by atoms with Crippen molar-refractivity contribution in [1.29, 1.82) is 0 Å². The molecule has 0 unspecified atom stereocenters. The molecule has 1 amide bonds. The lowest BCUT2D eigenvalue weighted by molar-refractivity contribution is 0.0756. The summed E-state index contributed by atoms with van der Waals surface area (Å²) in [7, 11) is 1.46. The van der Waals surface area contributed by atoms with Crippen LogP contribution in [-0.2, 0) is 0 Å². The summed E-state index contributed by atoms with van der Waals surface area (Å²) in [6.45, 7) is 2.24. The standard InChI is InChI=1S/C21H19F3N6O/c1-11-9-30-18(27-11)4-3-17(28-30)21(31)29-6-5-13(16(25)10-29)20(26-2)12-7-14(22)19(24)15(23)8-12/h3-4,7-9H,5-6,10,25H2,1-2H3. The van der Waals surface area contributed by atoms with Gasteiger partial charge in [0, 0.05) is 30.4 Å². The van der Waals surface area contributed by atoms with E-state index in [1.54, 1.807) is 18.3 Å². The highest BCUT2D eigenvalue weighted by Crippen LogP contribution is 2.23. The maximum atomic E-state index is 13.7. The summed E-state index contributed by atoms with van der Waals surface area (Å²) in [5.74, 6) is -4.46. The maximum Gasteiger partial charge on any atom is 0.274 e. The molecule has 0 aliphatic carbocycles. The predicted octanol–water partition coefficient (Wildman–Crippen LogP) is 2.63. The molecule has 0 bridgehead atoms. The number of rotatable bonds is 3. The Labute approximate surface area is 175 Å². The number of nitrogens with zero attached hydrogens (tertiary/aromatic N) is 5. The van der Waals surface area contributed by atoms with Crippen LogP contribution in [0, 0.1) is 24.4 Å². The number of nitrogens with two attached hydrogens (primary N) is 1. The number of amides is 1. The third-order valence-corrected chi connectivity index (χ3v) is 5.09. The number of carbonyl (C=O) groups is 1. The number of carbonyl (C=O) groups excluding carboxylic acids is 1. The highest BCUT2D eigenvalue weighted by Gasteiger charge is 2.27. The van der Waals surface area contributed by atoms with E-state index in [0.717, 1.165) is 17.8 Å². The van der Waals surface area contributed by atoms with Gasteiger partial charge in [0.2, 0.25) is 0 Å². The van der Waals surface area contributed by atoms with Crippen LogP contribution in [0.4, 0.5) is 13.2 Å². The molecular formula is C21H19F3N6O. The van der Waals surface area contributed by atoms with Crippen LogP contribution in [0.1, 0.15) is 28.2 Å². The lowest BCUT2D eigenvalue weighted by Gasteiger charge is -2.29. The number of aliphatic imine (C=N–C) groups is 1. The minimum atomic E-state index is -1.54. The summed E-state index contributed by atoms with van der Waals surface area (Å²) in [5.41, 5.74) is 9.11. The van der Waals surface area contributed by atoms with Crippen LogP contribution in [0.15, 0.2) is 46.7 Å². The Hall–Kier alpha value is -3.69. The minimum absolute atomic E-state index is 0.0826. The summed E-state index contributed by atoms with van der Waals surface area (Å²) < 4.78 is 42.2. The molecule has 0 saturated carbocycles. The van der Waals surface area contributed by atoms with E-state index in [4.69, 9.17) is 5.73 Å². The molecule has 3 aromatic rings. The van der Waals surface area contributed by atoms with Gasteiger partial charge in [-0.3, -0.25) is 9.79 Å². The molecule has 3 heterocycles. The van der Waals surface area contributed by atoms with Gasteiger partial charge in [-0.05, 0) is 37.6 Å². The zero-order valence-electron chi connectivity index (χ0n) is 16.9. The van der Waals surface area contributed by atoms with Crippen molar-refractivity contribution in [1.82, 2.24) is 19.5 Å². The highest BCUT2D eigenvalue weighted by atomic mass is 19.2. The van der Waals surface area contributed by atoms with Crippen molar-refractivity contribution in [2.75, 3.05) is 20.1 Å². The number of hydrogen-bond acceptors (Lipinski definition) is 5. The molecule has 31 heavy (non-hydrogen) atoms. The van der Waals surface area contributed by atoms with Crippen LogP contribution >= 0.6 is 0 Å². The van der Waals surface area contributed by atoms with E-state index >= 15 is 0 Å². The molecule has 1 aliphatic rings. The fourth-order valence-electron chi connectivity index (χ4n) is 3.64. The largest absolute Gasteiger partial charge is 0.400 e. The Morgan fingerprint density at radius 3 is 2.55 bits per heavy atom. The van der Waals surface area contributed by atoms with Crippen molar-refractivity contribution in [3.05, 3.63) is 76.1 Å². The summed E-state index contributed by atoms with van der Waals surface area (Å²) >= 11 is 0. The molecule has 0 atom stereocenters. The van der Waals surface area contributed by atoms with E-state index < -0.39 is 17.5 Å². The summed E-state index contributed by atoms with van der Waals surface area (Å²) in [6.07, 6.45) is 2.04. The smallest absolute Gasteiger partial charge is 0.274 e. The third-order valence-electron chi connectivity index (χ3n) is 5.09. The van der Waals surface area contributed by atoms with Crippen molar-refractivity contribution >= 4 is 17.3 Å². The Balaban J connectivity index is 1.60. The number of aryl methyl sites for hydroxylation is 1. The Morgan fingerprint density at radius 1 is 1.19 bits per heavy atom. The fraction of sp³-hybridized carbons (Fsp3) is 0.238. The first-order valence-corrected chi connectivity index (χ1v) is 9.50. The highest BCUT2D eigenvalue weighted by molar-refractivity contribution is 6.13. The number of aromatic nitrogens is 3. The Morgan fingerprint density at radius 2 is 1.90 bits per heavy atom. The number of halogens is 3. The van der Waals surface area contributed by atoms with Gasteiger partial charge in [0.1, 0.15) is 5.69 Å². The molecule has 2 aromatic heterocycles. The molecule has 2 N–H and O–H groups in total. The molecule has 0 saturated heterocycles. The number of benzene rings is 1. The third kappa shape index (κ3) is 3.76. The second kappa shape index (κ2) is 7.86. The normalized spacial score (nSPS) is 15.1. The van der Waals surface area contributed by atoms with E-state index in [9.17, 15) is 18.0 Å². The van der Waals surface area contributed by atoms with E-state index in [1.165, 1.54) is 16.5 Å². The molecule has 1 aromatic carbocycles. The summed E-state index contributed by atoms with van der Waals surface area (Å²) in [5, 5.41) is 4.31. The maximum absolute atomic E-state index is 13.7. The topological polar surface area (TPSA) is 88.9 Å². The van der Waals surface area contributed by atoms with Crippen molar-refractivity contribution in [3.8, 4) is 0 Å². The van der Waals surface area contributed by atoms with Gasteiger partial charge in [-0.15, -0.1) is 0 Å². The first kappa shape index (κ1) is 20.6. The number of hydrogen-bond donors (Lipinski definition) is 1. The van der Waals surface area contributed by atoms with E-state index in [2.05, 4.69) is 15.1 Å². The van der Waals surface area contributed by atoms with Crippen LogP contribution in [-0.4, -0.2) is 51.3 Å². The lowest BCUT2D eigenvalue weighted by Crippen LogP contribution is -2.40. The molecule has 0 radical (unpaired) electrons. The summed E-state index contributed by atoms with van der Waals surface area (Å²) in [6, 6.07) is 5.07. The van der Waals surface area contributed by atoms with E-state index in [1.807, 2.05) is 6.92 Å². The van der Waals surface area contributed by atoms with Gasteiger partial charge in [-0.1, -0.05) is 0 Å². The average molecular weight is 428 g/mol. The second-order valence-corrected chi connectivity index (χ2v) is 7.21. The van der Waals surface area contributed by atoms with Gasteiger partial charge in [0.25, 0.3) is 5.91 Å². The number of imidazole rings is 1. The monoisotopic (exact) mass is 428 g/mol. The molecule has 0 spiro atoms. The van der Waals surface area contributed by atoms with E-state index in [0.29, 0.717) is 29.9 Å². The van der Waals surface area contributed by atoms with E-state index in [-0.39, 0.29) is 29.4 Å². The molecule has 1 aliphatic heterocycles. The Kier molecular flexibility index (Phi) is 5.22. The van der Waals surface area contributed by atoms with Crippen molar-refractivity contribution in [2.45, 2.75) is 13.3 Å². The van der Waals surface area contributed by atoms with Gasteiger partial charge in [0.15, 0.2) is 23.1 Å². The van der Waals surface area contributed by atoms with Crippen LogP contribution in [0.5, 0.6) is 0 Å².